The van der Waals surface area contributed by atoms with E-state index >= 15 is 0 Å². The van der Waals surface area contributed by atoms with Crippen LogP contribution >= 0.6 is 11.3 Å². The lowest BCUT2D eigenvalue weighted by molar-refractivity contribution is 1.14. The number of anilines is 1. The molecule has 0 bridgehead atoms. The first-order valence-corrected chi connectivity index (χ1v) is 6.67. The van der Waals surface area contributed by atoms with Crippen LogP contribution in [-0.4, -0.2) is 6.54 Å². The first kappa shape index (κ1) is 13.7. The minimum atomic E-state index is 0.750. The van der Waals surface area contributed by atoms with Gasteiger partial charge in [-0.25, -0.2) is 0 Å². The van der Waals surface area contributed by atoms with E-state index in [-0.39, 0.29) is 0 Å². The zero-order valence-corrected chi connectivity index (χ0v) is 11.3. The lowest BCUT2D eigenvalue weighted by Gasteiger charge is -2.05. The molecule has 92 valence electrons. The van der Waals surface area contributed by atoms with Gasteiger partial charge in [0.1, 0.15) is 0 Å². The molecule has 17 heavy (non-hydrogen) atoms. The summed E-state index contributed by atoms with van der Waals surface area (Å²) in [5, 5.41) is 5.53. The Balaban J connectivity index is 0.000000437. The molecule has 2 rings (SSSR count). The number of benzene rings is 1. The molecule has 0 saturated heterocycles. The minimum absolute atomic E-state index is 0.750. The Morgan fingerprint density at radius 1 is 1.18 bits per heavy atom. The highest BCUT2D eigenvalue weighted by Crippen LogP contribution is 2.16. The average molecular weight is 248 g/mol. The number of aryl methyl sites for hydroxylation is 1. The summed E-state index contributed by atoms with van der Waals surface area (Å²) in [5.41, 5.74) is 7.41. The molecule has 0 amide bonds. The summed E-state index contributed by atoms with van der Waals surface area (Å²) in [6.45, 7) is 5.73. The second-order valence-corrected chi connectivity index (χ2v) is 4.75. The maximum Gasteiger partial charge on any atom is 0.0411 e. The minimum Gasteiger partial charge on any atom is -0.381 e. The van der Waals surface area contributed by atoms with E-state index < -0.39 is 0 Å². The van der Waals surface area contributed by atoms with Crippen molar-refractivity contribution in [2.24, 2.45) is 5.73 Å². The van der Waals surface area contributed by atoms with Crippen LogP contribution in [-0.2, 0) is 6.54 Å². The van der Waals surface area contributed by atoms with Crippen molar-refractivity contribution in [1.29, 1.82) is 0 Å². The Bertz CT molecular complexity index is 409. The molecule has 0 aliphatic rings. The third kappa shape index (κ3) is 5.02. The maximum absolute atomic E-state index is 4.85. The van der Waals surface area contributed by atoms with Gasteiger partial charge in [-0.3, -0.25) is 0 Å². The molecule has 0 unspecified atom stereocenters. The molecular weight excluding hydrogens is 228 g/mol. The van der Waals surface area contributed by atoms with E-state index in [0.717, 1.165) is 13.1 Å². The van der Waals surface area contributed by atoms with E-state index in [1.807, 2.05) is 25.1 Å². The highest BCUT2D eigenvalue weighted by molar-refractivity contribution is 7.10. The van der Waals surface area contributed by atoms with Crippen molar-refractivity contribution in [3.63, 3.8) is 0 Å². The van der Waals surface area contributed by atoms with Gasteiger partial charge in [0, 0.05) is 17.1 Å². The van der Waals surface area contributed by atoms with Gasteiger partial charge >= 0.3 is 0 Å². The van der Waals surface area contributed by atoms with E-state index in [4.69, 9.17) is 5.73 Å². The van der Waals surface area contributed by atoms with E-state index in [2.05, 4.69) is 35.8 Å². The maximum atomic E-state index is 4.85. The molecule has 0 atom stereocenters. The number of hydrogen-bond acceptors (Lipinski definition) is 3. The van der Waals surface area contributed by atoms with Gasteiger partial charge in [0.25, 0.3) is 0 Å². The molecule has 0 aliphatic heterocycles. The molecule has 0 aliphatic carbocycles. The summed E-state index contributed by atoms with van der Waals surface area (Å²) in [6.07, 6.45) is 0. The van der Waals surface area contributed by atoms with Gasteiger partial charge in [-0.1, -0.05) is 25.1 Å². The number of rotatable bonds is 3. The number of nitrogens with two attached hydrogens (primary N) is 1. The van der Waals surface area contributed by atoms with Crippen LogP contribution in [0.4, 0.5) is 5.69 Å². The van der Waals surface area contributed by atoms with Gasteiger partial charge in [0.05, 0.1) is 0 Å². The summed E-state index contributed by atoms with van der Waals surface area (Å²) in [6, 6.07) is 12.5. The van der Waals surface area contributed by atoms with Crippen molar-refractivity contribution in [3.05, 3.63) is 52.2 Å². The first-order chi connectivity index (χ1) is 8.27. The van der Waals surface area contributed by atoms with Crippen molar-refractivity contribution >= 4 is 17.0 Å². The Hall–Kier alpha value is -1.32. The van der Waals surface area contributed by atoms with Crippen LogP contribution in [0.1, 0.15) is 17.4 Å². The molecule has 0 radical (unpaired) electrons. The second-order valence-electron chi connectivity index (χ2n) is 3.63. The Labute approximate surface area is 107 Å². The second kappa shape index (κ2) is 7.87. The van der Waals surface area contributed by atoms with Gasteiger partial charge in [-0.2, -0.15) is 0 Å². The number of hydrogen-bond donors (Lipinski definition) is 2. The summed E-state index contributed by atoms with van der Waals surface area (Å²) in [5.74, 6) is 0. The molecule has 0 saturated carbocycles. The molecule has 3 N–H and O–H groups in total. The molecule has 1 heterocycles. The van der Waals surface area contributed by atoms with Gasteiger partial charge in [0.15, 0.2) is 0 Å². The zero-order chi connectivity index (χ0) is 12.5. The van der Waals surface area contributed by atoms with Crippen molar-refractivity contribution in [3.8, 4) is 0 Å². The average Bonchev–Trinajstić information content (AvgIpc) is 2.75. The highest BCUT2D eigenvalue weighted by atomic mass is 32.1. The third-order valence-corrected chi connectivity index (χ3v) is 3.11. The third-order valence-electron chi connectivity index (χ3n) is 2.22. The van der Waals surface area contributed by atoms with E-state index in [0.29, 0.717) is 0 Å². The van der Waals surface area contributed by atoms with Crippen LogP contribution in [0.2, 0.25) is 0 Å². The fraction of sp³-hybridized carbons (Fsp3) is 0.286. The summed E-state index contributed by atoms with van der Waals surface area (Å²) in [4.78, 5) is 1.40. The Morgan fingerprint density at radius 2 is 1.82 bits per heavy atom. The smallest absolute Gasteiger partial charge is 0.0411 e. The lowest BCUT2D eigenvalue weighted by atomic mass is 10.2. The van der Waals surface area contributed by atoms with Crippen molar-refractivity contribution in [2.75, 3.05) is 11.9 Å². The predicted octanol–water partition coefficient (Wildman–Crippen LogP) is 3.63. The Morgan fingerprint density at radius 3 is 2.35 bits per heavy atom. The van der Waals surface area contributed by atoms with Gasteiger partial charge < -0.3 is 11.1 Å². The van der Waals surface area contributed by atoms with E-state index in [9.17, 15) is 0 Å². The standard InChI is InChI=1S/C12H13NS.C2H7N/c1-10-11(7-8-14-10)9-13-12-5-3-2-4-6-12;1-2-3/h2-8,13H,9H2,1H3;2-3H2,1H3. The molecule has 0 fully saturated rings. The summed E-state index contributed by atoms with van der Waals surface area (Å²) >= 11 is 1.80. The molecule has 1 aromatic carbocycles. The van der Waals surface area contributed by atoms with Crippen molar-refractivity contribution in [1.82, 2.24) is 0 Å². The largest absolute Gasteiger partial charge is 0.381 e. The van der Waals surface area contributed by atoms with E-state index in [1.54, 1.807) is 11.3 Å². The lowest BCUT2D eigenvalue weighted by Crippen LogP contribution is -1.98. The van der Waals surface area contributed by atoms with Gasteiger partial charge in [0.2, 0.25) is 0 Å². The van der Waals surface area contributed by atoms with Crippen LogP contribution in [0, 0.1) is 6.92 Å². The van der Waals surface area contributed by atoms with Crippen LogP contribution in [0.3, 0.4) is 0 Å². The fourth-order valence-corrected chi connectivity index (χ4v) is 2.08. The van der Waals surface area contributed by atoms with Crippen molar-refractivity contribution in [2.45, 2.75) is 20.4 Å². The summed E-state index contributed by atoms with van der Waals surface area (Å²) in [7, 11) is 0. The van der Waals surface area contributed by atoms with Crippen LogP contribution in [0.25, 0.3) is 0 Å². The van der Waals surface area contributed by atoms with Crippen LogP contribution in [0.5, 0.6) is 0 Å². The highest BCUT2D eigenvalue weighted by Gasteiger charge is 1.98. The SMILES string of the molecule is CCN.Cc1sccc1CNc1ccccc1. The first-order valence-electron chi connectivity index (χ1n) is 5.79. The van der Waals surface area contributed by atoms with Gasteiger partial charge in [-0.05, 0) is 42.6 Å². The molecule has 3 heteroatoms. The fourth-order valence-electron chi connectivity index (χ4n) is 1.35. The predicted molar refractivity (Wildman–Crippen MR) is 77.6 cm³/mol. The normalized spacial score (nSPS) is 9.35. The number of nitrogens with one attached hydrogen (secondary N) is 1. The Kier molecular flexibility index (Phi) is 6.37. The zero-order valence-electron chi connectivity index (χ0n) is 10.4. The summed E-state index contributed by atoms with van der Waals surface area (Å²) < 4.78 is 0. The molecule has 0 spiro atoms. The number of para-hydroxylation sites is 1. The number of thiophene rings is 1. The van der Waals surface area contributed by atoms with E-state index in [1.165, 1.54) is 16.1 Å². The molecule has 2 aromatic rings. The van der Waals surface area contributed by atoms with Gasteiger partial charge in [-0.15, -0.1) is 11.3 Å². The monoisotopic (exact) mass is 248 g/mol. The van der Waals surface area contributed by atoms with Crippen LogP contribution in [0.15, 0.2) is 41.8 Å². The molecule has 1 aromatic heterocycles. The molecular formula is C14H20N2S. The quantitative estimate of drug-likeness (QED) is 0.870. The van der Waals surface area contributed by atoms with Crippen LogP contribution < -0.4 is 11.1 Å². The topological polar surface area (TPSA) is 38.0 Å². The molecule has 2 nitrogen and oxygen atoms in total. The van der Waals surface area contributed by atoms with Crippen molar-refractivity contribution < 1.29 is 0 Å².